The van der Waals surface area contributed by atoms with Gasteiger partial charge in [-0.2, -0.15) is 0 Å². The zero-order valence-electron chi connectivity index (χ0n) is 2.80. The van der Waals surface area contributed by atoms with E-state index in [1.165, 1.54) is 0 Å². The van der Waals surface area contributed by atoms with Crippen LogP contribution in [0.3, 0.4) is 0 Å². The van der Waals surface area contributed by atoms with E-state index in [4.69, 9.17) is 15.0 Å². The standard InChI is InChI=1S/CH2O3.Al.Ti/c2-1(3)4;;/h(H2,2,3,4);;/q;+3;+4/p-2. The molecule has 0 spiro atoms. The molecule has 0 heterocycles. The Hall–Kier alpha value is 0.517. The molecule has 0 aliphatic carbocycles. The summed E-state index contributed by atoms with van der Waals surface area (Å²) in [5.74, 6) is 0. The molecule has 0 bridgehead atoms. The van der Waals surface area contributed by atoms with Crippen LogP contribution in [0.2, 0.25) is 0 Å². The molecule has 0 rings (SSSR count). The summed E-state index contributed by atoms with van der Waals surface area (Å²) in [6, 6.07) is 0. The van der Waals surface area contributed by atoms with Crippen LogP contribution in [-0.2, 0) is 21.7 Å². The summed E-state index contributed by atoms with van der Waals surface area (Å²) in [5, 5.41) is 16.7. The van der Waals surface area contributed by atoms with Crippen LogP contribution in [0.4, 0.5) is 4.79 Å². The molecule has 6 heavy (non-hydrogen) atoms. The van der Waals surface area contributed by atoms with Crippen LogP contribution in [-0.4, -0.2) is 23.5 Å². The van der Waals surface area contributed by atoms with E-state index in [1.54, 1.807) is 0 Å². The van der Waals surface area contributed by atoms with Crippen LogP contribution in [0.25, 0.3) is 0 Å². The van der Waals surface area contributed by atoms with Gasteiger partial charge in [-0.15, -0.1) is 0 Å². The average molecular weight is 135 g/mol. The third-order valence-electron chi connectivity index (χ3n) is 0. The van der Waals surface area contributed by atoms with Crippen LogP contribution < -0.4 is 10.2 Å². The molecule has 0 N–H and O–H groups in total. The minimum Gasteiger partial charge on any atom is -0.652 e. The molecule has 5 heteroatoms. The molecule has 24 valence electrons. The van der Waals surface area contributed by atoms with Gasteiger partial charge < -0.3 is 15.0 Å². The molecule has 0 saturated carbocycles. The Kier molecular flexibility index (Phi) is 24.3. The maximum Gasteiger partial charge on any atom is 4.00 e. The van der Waals surface area contributed by atoms with Gasteiger partial charge in [0.2, 0.25) is 0 Å². The molecule has 0 amide bonds. The third kappa shape index (κ3) is 209. The number of carboxylic acid groups (broad SMARTS) is 2. The van der Waals surface area contributed by atoms with Gasteiger partial charge in [0.1, 0.15) is 0 Å². The fraction of sp³-hybridized carbons (Fsp3) is 0. The number of carbonyl (C=O) groups is 1. The van der Waals surface area contributed by atoms with Gasteiger partial charge in [-0.25, -0.2) is 0 Å². The number of hydrogen-bond donors (Lipinski definition) is 0. The summed E-state index contributed by atoms with van der Waals surface area (Å²) >= 11 is 0. The normalized spacial score (nSPS) is 4.00. The van der Waals surface area contributed by atoms with Crippen molar-refractivity contribution in [3.8, 4) is 0 Å². The molecule has 3 nitrogen and oxygen atoms in total. The van der Waals surface area contributed by atoms with Crippen LogP contribution in [0.15, 0.2) is 0 Å². The molecule has 0 radical (unpaired) electrons. The van der Waals surface area contributed by atoms with Crippen molar-refractivity contribution < 1.29 is 36.7 Å². The van der Waals surface area contributed by atoms with E-state index in [0.717, 1.165) is 0 Å². The predicted molar refractivity (Wildman–Crippen MR) is 11.1 cm³/mol. The number of carbonyl (C=O) groups excluding carboxylic acids is 1. The van der Waals surface area contributed by atoms with E-state index < -0.39 is 6.16 Å². The Morgan fingerprint density at radius 3 is 1.33 bits per heavy atom. The molecule has 0 aromatic rings. The average Bonchev–Trinajstić information content (AvgIpc) is 0.811. The first-order valence-electron chi connectivity index (χ1n) is 0.612. The monoisotopic (exact) mass is 135 g/mol. The largest absolute Gasteiger partial charge is 4.00 e. The summed E-state index contributed by atoms with van der Waals surface area (Å²) < 4.78 is 0. The van der Waals surface area contributed by atoms with E-state index in [-0.39, 0.29) is 39.1 Å². The van der Waals surface area contributed by atoms with Gasteiger partial charge >= 0.3 is 39.1 Å². The Morgan fingerprint density at radius 1 is 1.33 bits per heavy atom. The van der Waals surface area contributed by atoms with Gasteiger partial charge in [0.05, 0.1) is 0 Å². The molecule has 0 aliphatic rings. The van der Waals surface area contributed by atoms with E-state index >= 15 is 0 Å². The predicted octanol–water partition coefficient (Wildman–Crippen LogP) is -2.83. The van der Waals surface area contributed by atoms with Gasteiger partial charge in [0.15, 0.2) is 0 Å². The van der Waals surface area contributed by atoms with Gasteiger partial charge in [0, 0.05) is 0 Å². The summed E-state index contributed by atoms with van der Waals surface area (Å²) in [4.78, 5) is 8.33. The summed E-state index contributed by atoms with van der Waals surface area (Å²) in [5.41, 5.74) is 0. The SMILES string of the molecule is O=C([O-])[O-].[Al+3].[Ti+4]. The Bertz CT molecular complexity index is 33.8. The van der Waals surface area contributed by atoms with E-state index in [0.29, 0.717) is 0 Å². The summed E-state index contributed by atoms with van der Waals surface area (Å²) in [6.07, 6.45) is -2.33. The first-order valence-corrected chi connectivity index (χ1v) is 0.612. The van der Waals surface area contributed by atoms with Crippen molar-refractivity contribution in [3.05, 3.63) is 0 Å². The Balaban J connectivity index is -0.0000000450. The molecular formula is CAlO3Ti+5. The second-order valence-corrected chi connectivity index (χ2v) is 0.250. The second kappa shape index (κ2) is 9.10. The minimum atomic E-state index is -2.33. The van der Waals surface area contributed by atoms with Crippen molar-refractivity contribution in [2.24, 2.45) is 0 Å². The van der Waals surface area contributed by atoms with Crippen molar-refractivity contribution in [3.63, 3.8) is 0 Å². The first kappa shape index (κ1) is 16.0. The Morgan fingerprint density at radius 2 is 1.33 bits per heavy atom. The maximum absolute atomic E-state index is 8.33. The Labute approximate surface area is 60.4 Å². The van der Waals surface area contributed by atoms with Crippen molar-refractivity contribution in [2.45, 2.75) is 0 Å². The van der Waals surface area contributed by atoms with Gasteiger partial charge in [-0.3, -0.25) is 0 Å². The van der Waals surface area contributed by atoms with E-state index in [9.17, 15) is 0 Å². The van der Waals surface area contributed by atoms with Gasteiger partial charge in [-0.05, 0) is 6.16 Å². The van der Waals surface area contributed by atoms with E-state index in [2.05, 4.69) is 0 Å². The molecule has 0 saturated heterocycles. The summed E-state index contributed by atoms with van der Waals surface area (Å²) in [6.45, 7) is 0. The smallest absolute Gasteiger partial charge is 0.652 e. The van der Waals surface area contributed by atoms with Crippen molar-refractivity contribution in [2.75, 3.05) is 0 Å². The van der Waals surface area contributed by atoms with Gasteiger partial charge in [-0.1, -0.05) is 0 Å². The maximum atomic E-state index is 8.33. The molecule has 0 aliphatic heterocycles. The zero-order valence-corrected chi connectivity index (χ0v) is 5.52. The molecule has 0 unspecified atom stereocenters. The molecule has 0 fully saturated rings. The van der Waals surface area contributed by atoms with Crippen LogP contribution in [0.1, 0.15) is 0 Å². The molecule has 0 aromatic carbocycles. The fourth-order valence-electron chi connectivity index (χ4n) is 0. The van der Waals surface area contributed by atoms with Crippen LogP contribution >= 0.6 is 0 Å². The second-order valence-electron chi connectivity index (χ2n) is 0.250. The first-order chi connectivity index (χ1) is 1.73. The number of rotatable bonds is 0. The fourth-order valence-corrected chi connectivity index (χ4v) is 0. The van der Waals surface area contributed by atoms with Crippen LogP contribution in [0.5, 0.6) is 0 Å². The molecule has 0 atom stereocenters. The minimum absolute atomic E-state index is 0. The molecule has 0 aromatic heterocycles. The topological polar surface area (TPSA) is 63.2 Å². The van der Waals surface area contributed by atoms with E-state index in [1.807, 2.05) is 0 Å². The van der Waals surface area contributed by atoms with Crippen molar-refractivity contribution >= 4 is 23.5 Å². The third-order valence-corrected chi connectivity index (χ3v) is 0. The quantitative estimate of drug-likeness (QED) is 0.336. The molecular weight excluding hydrogens is 135 g/mol. The zero-order chi connectivity index (χ0) is 3.58. The van der Waals surface area contributed by atoms with Crippen LogP contribution in [0, 0.1) is 0 Å². The van der Waals surface area contributed by atoms with Crippen molar-refractivity contribution in [1.29, 1.82) is 0 Å². The van der Waals surface area contributed by atoms with Gasteiger partial charge in [0.25, 0.3) is 0 Å². The summed E-state index contributed by atoms with van der Waals surface area (Å²) in [7, 11) is 0. The van der Waals surface area contributed by atoms with Crippen molar-refractivity contribution in [1.82, 2.24) is 0 Å². The number of hydrogen-bond acceptors (Lipinski definition) is 3.